The summed E-state index contributed by atoms with van der Waals surface area (Å²) in [5.74, 6) is 0.145. The summed E-state index contributed by atoms with van der Waals surface area (Å²) in [6.07, 6.45) is 2.07. The van der Waals surface area contributed by atoms with Crippen molar-refractivity contribution in [3.8, 4) is 11.3 Å². The molecule has 4 aromatic rings. The Labute approximate surface area is 184 Å². The molecular weight excluding hydrogens is 410 g/mol. The normalized spacial score (nSPS) is 14.9. The van der Waals surface area contributed by atoms with Gasteiger partial charge in [-0.2, -0.15) is 4.98 Å². The second kappa shape index (κ2) is 8.18. The van der Waals surface area contributed by atoms with Crippen LogP contribution in [0.25, 0.3) is 22.3 Å². The number of hydrogen-bond acceptors (Lipinski definition) is 5. The summed E-state index contributed by atoms with van der Waals surface area (Å²) in [5.41, 5.74) is 8.40. The zero-order valence-electron chi connectivity index (χ0n) is 17.8. The van der Waals surface area contributed by atoms with Gasteiger partial charge >= 0.3 is 0 Å². The van der Waals surface area contributed by atoms with Crippen LogP contribution < -0.4 is 10.6 Å². The lowest BCUT2D eigenvalue weighted by molar-refractivity contribution is 0.434. The summed E-state index contributed by atoms with van der Waals surface area (Å²) >= 11 is 0. The number of nitrogens with zero attached hydrogens (tertiary/aromatic N) is 5. The van der Waals surface area contributed by atoms with Gasteiger partial charge in [0.15, 0.2) is 5.65 Å². The fourth-order valence-corrected chi connectivity index (χ4v) is 4.15. The molecule has 1 aliphatic heterocycles. The van der Waals surface area contributed by atoms with Crippen LogP contribution in [0.3, 0.4) is 0 Å². The molecule has 0 aliphatic carbocycles. The lowest BCUT2D eigenvalue weighted by Gasteiger charge is -2.30. The third kappa shape index (κ3) is 3.77. The second-order valence-electron chi connectivity index (χ2n) is 8.39. The van der Waals surface area contributed by atoms with E-state index in [1.807, 2.05) is 30.3 Å². The van der Waals surface area contributed by atoms with E-state index >= 15 is 0 Å². The molecule has 0 amide bonds. The van der Waals surface area contributed by atoms with Gasteiger partial charge < -0.3 is 10.6 Å². The first-order chi connectivity index (χ1) is 15.5. The molecule has 32 heavy (non-hydrogen) atoms. The fraction of sp³-hybridized carbons (Fsp3) is 0.292. The van der Waals surface area contributed by atoms with Gasteiger partial charge in [0.05, 0.1) is 17.6 Å². The molecule has 8 heteroatoms. The smallest absolute Gasteiger partial charge is 0.228 e. The van der Waals surface area contributed by atoms with Crippen LogP contribution in [0.2, 0.25) is 0 Å². The van der Waals surface area contributed by atoms with Crippen LogP contribution in [0, 0.1) is 17.6 Å². The van der Waals surface area contributed by atoms with E-state index in [0.717, 1.165) is 37.6 Å². The van der Waals surface area contributed by atoms with Crippen LogP contribution in [0.15, 0.2) is 48.5 Å². The predicted octanol–water partition coefficient (Wildman–Crippen LogP) is 4.64. The first kappa shape index (κ1) is 20.4. The van der Waals surface area contributed by atoms with Crippen LogP contribution >= 0.6 is 0 Å². The van der Waals surface area contributed by atoms with Crippen molar-refractivity contribution in [2.75, 3.05) is 23.7 Å². The van der Waals surface area contributed by atoms with E-state index in [2.05, 4.69) is 21.9 Å². The molecule has 5 rings (SSSR count). The molecule has 0 radical (unpaired) electrons. The van der Waals surface area contributed by atoms with Gasteiger partial charge in [-0.05, 0) is 36.5 Å². The number of nitrogens with two attached hydrogens (primary N) is 1. The second-order valence-corrected chi connectivity index (χ2v) is 8.39. The number of halogens is 2. The number of rotatable bonds is 4. The molecule has 164 valence electrons. The van der Waals surface area contributed by atoms with Crippen molar-refractivity contribution in [1.82, 2.24) is 19.7 Å². The minimum atomic E-state index is -0.696. The molecule has 2 N–H and O–H groups in total. The van der Waals surface area contributed by atoms with E-state index in [0.29, 0.717) is 41.0 Å². The van der Waals surface area contributed by atoms with Crippen molar-refractivity contribution in [3.05, 3.63) is 65.7 Å². The standard InChI is InChI=1S/C24H24F2N6/c1-15-9-11-31(12-10-15)24-28-21(18-8-7-17(25)13-19(18)26)20-22(27)32(30-23(20)29-24)14-16-5-3-2-4-6-16/h2-8,13,15H,9-12,14,27H2,1H3. The van der Waals surface area contributed by atoms with Gasteiger partial charge in [0.25, 0.3) is 0 Å². The van der Waals surface area contributed by atoms with Crippen molar-refractivity contribution in [3.63, 3.8) is 0 Å². The maximum atomic E-state index is 14.8. The van der Waals surface area contributed by atoms with Crippen LogP contribution in [-0.2, 0) is 6.54 Å². The van der Waals surface area contributed by atoms with E-state index in [1.54, 1.807) is 4.68 Å². The Morgan fingerprint density at radius 2 is 1.78 bits per heavy atom. The highest BCUT2D eigenvalue weighted by Crippen LogP contribution is 2.34. The Kier molecular flexibility index (Phi) is 5.20. The largest absolute Gasteiger partial charge is 0.383 e. The molecule has 1 fully saturated rings. The van der Waals surface area contributed by atoms with E-state index in [9.17, 15) is 8.78 Å². The van der Waals surface area contributed by atoms with E-state index in [-0.39, 0.29) is 5.56 Å². The van der Waals surface area contributed by atoms with Crippen LogP contribution in [-0.4, -0.2) is 32.8 Å². The number of anilines is 2. The van der Waals surface area contributed by atoms with Gasteiger partial charge in [-0.15, -0.1) is 5.10 Å². The fourth-order valence-electron chi connectivity index (χ4n) is 4.15. The SMILES string of the molecule is CC1CCN(c2nc(-c3ccc(F)cc3F)c3c(N)n(Cc4ccccc4)nc3n2)CC1. The molecule has 0 atom stereocenters. The Bertz CT molecular complexity index is 1260. The Hall–Kier alpha value is -3.55. The van der Waals surface area contributed by atoms with Crippen molar-refractivity contribution in [2.45, 2.75) is 26.3 Å². The summed E-state index contributed by atoms with van der Waals surface area (Å²) in [5, 5.41) is 5.10. The van der Waals surface area contributed by atoms with Crippen molar-refractivity contribution >= 4 is 22.8 Å². The first-order valence-corrected chi connectivity index (χ1v) is 10.8. The average molecular weight is 434 g/mol. The number of piperidine rings is 1. The molecule has 3 heterocycles. The molecule has 2 aromatic carbocycles. The summed E-state index contributed by atoms with van der Waals surface area (Å²) in [4.78, 5) is 11.5. The minimum Gasteiger partial charge on any atom is -0.383 e. The zero-order valence-corrected chi connectivity index (χ0v) is 17.8. The maximum Gasteiger partial charge on any atom is 0.228 e. The van der Waals surface area contributed by atoms with Gasteiger partial charge in [0, 0.05) is 24.7 Å². The lowest BCUT2D eigenvalue weighted by atomic mass is 9.99. The monoisotopic (exact) mass is 434 g/mol. The van der Waals surface area contributed by atoms with Crippen LogP contribution in [0.4, 0.5) is 20.5 Å². The van der Waals surface area contributed by atoms with Gasteiger partial charge in [0.2, 0.25) is 5.95 Å². The molecule has 0 spiro atoms. The summed E-state index contributed by atoms with van der Waals surface area (Å²) < 4.78 is 30.0. The van der Waals surface area contributed by atoms with Crippen molar-refractivity contribution in [1.29, 1.82) is 0 Å². The third-order valence-corrected chi connectivity index (χ3v) is 6.06. The van der Waals surface area contributed by atoms with Crippen LogP contribution in [0.5, 0.6) is 0 Å². The summed E-state index contributed by atoms with van der Waals surface area (Å²) in [7, 11) is 0. The summed E-state index contributed by atoms with van der Waals surface area (Å²) in [6, 6.07) is 13.3. The van der Waals surface area contributed by atoms with E-state index < -0.39 is 11.6 Å². The molecule has 2 aromatic heterocycles. The number of fused-ring (bicyclic) bond motifs is 1. The Balaban J connectivity index is 1.67. The number of benzene rings is 2. The highest BCUT2D eigenvalue weighted by molar-refractivity contribution is 5.99. The van der Waals surface area contributed by atoms with Gasteiger partial charge in [0.1, 0.15) is 17.5 Å². The zero-order chi connectivity index (χ0) is 22.2. The Morgan fingerprint density at radius 3 is 2.50 bits per heavy atom. The number of hydrogen-bond donors (Lipinski definition) is 1. The quantitative estimate of drug-likeness (QED) is 0.507. The molecule has 0 unspecified atom stereocenters. The van der Waals surface area contributed by atoms with Gasteiger partial charge in [-0.3, -0.25) is 0 Å². The highest BCUT2D eigenvalue weighted by Gasteiger charge is 2.24. The van der Waals surface area contributed by atoms with Crippen LogP contribution in [0.1, 0.15) is 25.3 Å². The van der Waals surface area contributed by atoms with E-state index in [1.165, 1.54) is 12.1 Å². The number of aromatic nitrogens is 4. The van der Waals surface area contributed by atoms with Crippen molar-refractivity contribution in [2.24, 2.45) is 5.92 Å². The third-order valence-electron chi connectivity index (χ3n) is 6.06. The lowest BCUT2D eigenvalue weighted by Crippen LogP contribution is -2.34. The van der Waals surface area contributed by atoms with Crippen molar-refractivity contribution < 1.29 is 8.78 Å². The molecule has 6 nitrogen and oxygen atoms in total. The first-order valence-electron chi connectivity index (χ1n) is 10.8. The highest BCUT2D eigenvalue weighted by atomic mass is 19.1. The maximum absolute atomic E-state index is 14.8. The summed E-state index contributed by atoms with van der Waals surface area (Å²) in [6.45, 7) is 4.31. The van der Waals surface area contributed by atoms with Gasteiger partial charge in [-0.1, -0.05) is 37.3 Å². The molecule has 0 bridgehead atoms. The molecule has 1 aliphatic rings. The number of nitrogen functional groups attached to an aromatic ring is 1. The molecule has 0 saturated carbocycles. The minimum absolute atomic E-state index is 0.177. The van der Waals surface area contributed by atoms with E-state index in [4.69, 9.17) is 10.7 Å². The predicted molar refractivity (Wildman–Crippen MR) is 121 cm³/mol. The average Bonchev–Trinajstić information content (AvgIpc) is 3.10. The molecule has 1 saturated heterocycles. The Morgan fingerprint density at radius 1 is 1.03 bits per heavy atom. The van der Waals surface area contributed by atoms with Gasteiger partial charge in [-0.25, -0.2) is 18.4 Å². The molecular formula is C24H24F2N6. The topological polar surface area (TPSA) is 72.9 Å².